The zero-order valence-electron chi connectivity index (χ0n) is 13.7. The molecule has 0 aromatic heterocycles. The van der Waals surface area contributed by atoms with Gasteiger partial charge >= 0.3 is 0 Å². The Labute approximate surface area is 132 Å². The predicted octanol–water partition coefficient (Wildman–Crippen LogP) is 4.12. The van der Waals surface area contributed by atoms with Crippen molar-refractivity contribution >= 4 is 11.6 Å². The summed E-state index contributed by atoms with van der Waals surface area (Å²) in [4.78, 5) is 14.3. The molecular formula is C19H23NO2. The zero-order valence-corrected chi connectivity index (χ0v) is 13.7. The molecule has 0 heterocycles. The Kier molecular flexibility index (Phi) is 5.21. The first kappa shape index (κ1) is 16.1. The molecule has 0 saturated heterocycles. The van der Waals surface area contributed by atoms with Crippen molar-refractivity contribution in [3.63, 3.8) is 0 Å². The van der Waals surface area contributed by atoms with Gasteiger partial charge < -0.3 is 9.64 Å². The summed E-state index contributed by atoms with van der Waals surface area (Å²) in [7, 11) is 1.78. The maximum absolute atomic E-state index is 12.6. The van der Waals surface area contributed by atoms with Crippen molar-refractivity contribution in [1.82, 2.24) is 0 Å². The van der Waals surface area contributed by atoms with Gasteiger partial charge in [0.05, 0.1) is 0 Å². The summed E-state index contributed by atoms with van der Waals surface area (Å²) in [6.07, 6.45) is 0.149. The molecule has 1 atom stereocenters. The Morgan fingerprint density at radius 2 is 1.77 bits per heavy atom. The molecule has 1 amide bonds. The average Bonchev–Trinajstić information content (AvgIpc) is 2.55. The van der Waals surface area contributed by atoms with E-state index in [0.29, 0.717) is 6.42 Å². The fraction of sp³-hybridized carbons (Fsp3) is 0.316. The number of amides is 1. The van der Waals surface area contributed by atoms with Crippen LogP contribution in [0.2, 0.25) is 0 Å². The van der Waals surface area contributed by atoms with Crippen molar-refractivity contribution in [2.24, 2.45) is 0 Å². The molecule has 2 rings (SSSR count). The van der Waals surface area contributed by atoms with Crippen LogP contribution in [0.4, 0.5) is 5.69 Å². The lowest BCUT2D eigenvalue weighted by Gasteiger charge is -2.24. The van der Waals surface area contributed by atoms with Gasteiger partial charge in [-0.25, -0.2) is 0 Å². The van der Waals surface area contributed by atoms with Crippen LogP contribution in [-0.4, -0.2) is 19.1 Å². The molecule has 0 aliphatic carbocycles. The molecule has 1 unspecified atom stereocenters. The number of nitrogens with zero attached hydrogens (tertiary/aromatic N) is 1. The summed E-state index contributed by atoms with van der Waals surface area (Å²) in [5.41, 5.74) is 3.25. The molecule has 3 nitrogen and oxygen atoms in total. The van der Waals surface area contributed by atoms with Crippen LogP contribution in [0, 0.1) is 13.8 Å². The van der Waals surface area contributed by atoms with Gasteiger partial charge in [0.2, 0.25) is 0 Å². The van der Waals surface area contributed by atoms with Crippen LogP contribution in [0.3, 0.4) is 0 Å². The summed E-state index contributed by atoms with van der Waals surface area (Å²) >= 11 is 0. The Hall–Kier alpha value is -2.29. The summed E-state index contributed by atoms with van der Waals surface area (Å²) in [6.45, 7) is 6.06. The molecule has 0 aliphatic rings. The zero-order chi connectivity index (χ0) is 16.1. The summed E-state index contributed by atoms with van der Waals surface area (Å²) in [5, 5.41) is 0. The molecule has 22 heavy (non-hydrogen) atoms. The normalized spacial score (nSPS) is 11.8. The van der Waals surface area contributed by atoms with Gasteiger partial charge in [-0.2, -0.15) is 0 Å². The highest BCUT2D eigenvalue weighted by Crippen LogP contribution is 2.20. The lowest BCUT2D eigenvalue weighted by atomic mass is 10.1. The van der Waals surface area contributed by atoms with Gasteiger partial charge in [0.15, 0.2) is 6.10 Å². The monoisotopic (exact) mass is 297 g/mol. The molecule has 0 spiro atoms. The highest BCUT2D eigenvalue weighted by atomic mass is 16.5. The Morgan fingerprint density at radius 1 is 1.09 bits per heavy atom. The van der Waals surface area contributed by atoms with E-state index in [1.54, 1.807) is 11.9 Å². The van der Waals surface area contributed by atoms with Crippen molar-refractivity contribution in [1.29, 1.82) is 0 Å². The Balaban J connectivity index is 2.13. The van der Waals surface area contributed by atoms with Crippen molar-refractivity contribution in [2.45, 2.75) is 33.3 Å². The molecule has 0 bridgehead atoms. The minimum absolute atomic E-state index is 0.0353. The number of rotatable bonds is 5. The highest BCUT2D eigenvalue weighted by molar-refractivity contribution is 5.96. The second-order valence-corrected chi connectivity index (χ2v) is 5.49. The van der Waals surface area contributed by atoms with Crippen molar-refractivity contribution in [3.8, 4) is 5.75 Å². The van der Waals surface area contributed by atoms with E-state index in [2.05, 4.69) is 6.92 Å². The van der Waals surface area contributed by atoms with Gasteiger partial charge in [0.25, 0.3) is 5.91 Å². The highest BCUT2D eigenvalue weighted by Gasteiger charge is 2.23. The maximum atomic E-state index is 12.6. The lowest BCUT2D eigenvalue weighted by Crippen LogP contribution is -2.39. The third-order valence-corrected chi connectivity index (χ3v) is 3.88. The number of carbonyl (C=O) groups excluding carboxylic acids is 1. The average molecular weight is 297 g/mol. The fourth-order valence-electron chi connectivity index (χ4n) is 2.25. The second kappa shape index (κ2) is 7.12. The Bertz CT molecular complexity index is 637. The van der Waals surface area contributed by atoms with Gasteiger partial charge in [-0.1, -0.05) is 31.2 Å². The summed E-state index contributed by atoms with van der Waals surface area (Å²) in [5.74, 6) is 0.705. The van der Waals surface area contributed by atoms with E-state index >= 15 is 0 Å². The third kappa shape index (κ3) is 3.67. The first-order valence-electron chi connectivity index (χ1n) is 7.59. The first-order valence-corrected chi connectivity index (χ1v) is 7.59. The van der Waals surface area contributed by atoms with E-state index in [0.717, 1.165) is 17.0 Å². The van der Waals surface area contributed by atoms with Gasteiger partial charge in [0, 0.05) is 12.7 Å². The van der Waals surface area contributed by atoms with Crippen LogP contribution in [0.25, 0.3) is 0 Å². The smallest absolute Gasteiger partial charge is 0.267 e. The summed E-state index contributed by atoms with van der Waals surface area (Å²) in [6, 6.07) is 15.5. The first-order chi connectivity index (χ1) is 10.5. The molecule has 0 fully saturated rings. The van der Waals surface area contributed by atoms with E-state index in [1.165, 1.54) is 5.56 Å². The number of anilines is 1. The van der Waals surface area contributed by atoms with Crippen LogP contribution < -0.4 is 9.64 Å². The molecule has 2 aromatic rings. The number of hydrogen-bond donors (Lipinski definition) is 0. The molecule has 0 radical (unpaired) electrons. The topological polar surface area (TPSA) is 29.5 Å². The van der Waals surface area contributed by atoms with Gasteiger partial charge in [-0.3, -0.25) is 4.79 Å². The van der Waals surface area contributed by atoms with Crippen molar-refractivity contribution in [3.05, 3.63) is 59.7 Å². The van der Waals surface area contributed by atoms with Crippen LogP contribution in [0.15, 0.2) is 48.5 Å². The standard InChI is InChI=1S/C19H23NO2/c1-5-18(22-17-12-11-14(2)15(3)13-17)19(21)20(4)16-9-7-6-8-10-16/h6-13,18H,5H2,1-4H3. The SMILES string of the molecule is CCC(Oc1ccc(C)c(C)c1)C(=O)N(C)c1ccccc1. The summed E-state index contributed by atoms with van der Waals surface area (Å²) < 4.78 is 5.91. The molecule has 2 aromatic carbocycles. The molecule has 0 saturated carbocycles. The maximum Gasteiger partial charge on any atom is 0.267 e. The molecule has 0 aliphatic heterocycles. The molecule has 0 N–H and O–H groups in total. The number of para-hydroxylation sites is 1. The van der Waals surface area contributed by atoms with E-state index in [9.17, 15) is 4.79 Å². The van der Waals surface area contributed by atoms with Crippen molar-refractivity contribution < 1.29 is 9.53 Å². The number of likely N-dealkylation sites (N-methyl/N-ethyl adjacent to an activating group) is 1. The number of benzene rings is 2. The minimum atomic E-state index is -0.479. The largest absolute Gasteiger partial charge is 0.481 e. The van der Waals surface area contributed by atoms with E-state index < -0.39 is 6.10 Å². The van der Waals surface area contributed by atoms with Gasteiger partial charge in [-0.05, 0) is 55.7 Å². The van der Waals surface area contributed by atoms with E-state index in [4.69, 9.17) is 4.74 Å². The van der Waals surface area contributed by atoms with E-state index in [-0.39, 0.29) is 5.91 Å². The Morgan fingerprint density at radius 3 is 2.36 bits per heavy atom. The number of carbonyl (C=O) groups is 1. The minimum Gasteiger partial charge on any atom is -0.481 e. The predicted molar refractivity (Wildman–Crippen MR) is 90.5 cm³/mol. The van der Waals surface area contributed by atoms with Gasteiger partial charge in [0.1, 0.15) is 5.75 Å². The van der Waals surface area contributed by atoms with Crippen molar-refractivity contribution in [2.75, 3.05) is 11.9 Å². The fourth-order valence-corrected chi connectivity index (χ4v) is 2.25. The number of hydrogen-bond acceptors (Lipinski definition) is 2. The van der Waals surface area contributed by atoms with E-state index in [1.807, 2.05) is 62.4 Å². The van der Waals surface area contributed by atoms with Crippen LogP contribution in [-0.2, 0) is 4.79 Å². The van der Waals surface area contributed by atoms with Crippen LogP contribution >= 0.6 is 0 Å². The third-order valence-electron chi connectivity index (χ3n) is 3.88. The number of ether oxygens (including phenoxy) is 1. The second-order valence-electron chi connectivity index (χ2n) is 5.49. The molecular weight excluding hydrogens is 274 g/mol. The molecule has 3 heteroatoms. The van der Waals surface area contributed by atoms with Crippen LogP contribution in [0.5, 0.6) is 5.75 Å². The number of aryl methyl sites for hydroxylation is 2. The van der Waals surface area contributed by atoms with Gasteiger partial charge in [-0.15, -0.1) is 0 Å². The quantitative estimate of drug-likeness (QED) is 0.830. The lowest BCUT2D eigenvalue weighted by molar-refractivity contribution is -0.125. The van der Waals surface area contributed by atoms with Crippen LogP contribution in [0.1, 0.15) is 24.5 Å². The molecule has 116 valence electrons.